The SMILES string of the molecule is CCC(C)Oc1ccc(-c2cccc(N3CCNCC3)n2)cc1C(C)C.Cl.Cl. The molecule has 1 N–H and O–H groups in total. The number of pyridine rings is 1. The van der Waals surface area contributed by atoms with E-state index in [1.165, 1.54) is 5.56 Å². The molecule has 0 saturated carbocycles. The third kappa shape index (κ3) is 6.00. The molecule has 4 nitrogen and oxygen atoms in total. The Balaban J connectivity index is 0.00000196. The first-order valence-corrected chi connectivity index (χ1v) is 9.82. The molecule has 1 aliphatic rings. The molecular formula is C22H33Cl2N3O. The van der Waals surface area contributed by atoms with Gasteiger partial charge < -0.3 is 15.0 Å². The Hall–Kier alpha value is -1.49. The zero-order chi connectivity index (χ0) is 18.5. The van der Waals surface area contributed by atoms with Gasteiger partial charge in [-0.15, -0.1) is 24.8 Å². The maximum absolute atomic E-state index is 6.13. The standard InChI is InChI=1S/C22H31N3O.2ClH/c1-5-17(4)26-21-10-9-18(15-19(21)16(2)3)20-7-6-8-22(24-20)25-13-11-23-12-14-25;;/h6-10,15-17,23H,5,11-14H2,1-4H3;2*1H. The lowest BCUT2D eigenvalue weighted by atomic mass is 9.98. The minimum absolute atomic E-state index is 0. The van der Waals surface area contributed by atoms with Crippen LogP contribution in [0.25, 0.3) is 11.3 Å². The highest BCUT2D eigenvalue weighted by Gasteiger charge is 2.15. The number of anilines is 1. The molecule has 1 aliphatic heterocycles. The van der Waals surface area contributed by atoms with Crippen molar-refractivity contribution in [1.29, 1.82) is 0 Å². The Bertz CT molecular complexity index is 733. The number of piperazine rings is 1. The predicted molar refractivity (Wildman–Crippen MR) is 124 cm³/mol. The fourth-order valence-electron chi connectivity index (χ4n) is 3.22. The van der Waals surface area contributed by atoms with Crippen molar-refractivity contribution >= 4 is 30.6 Å². The van der Waals surface area contributed by atoms with Gasteiger partial charge in [0, 0.05) is 31.7 Å². The monoisotopic (exact) mass is 425 g/mol. The highest BCUT2D eigenvalue weighted by Crippen LogP contribution is 2.32. The summed E-state index contributed by atoms with van der Waals surface area (Å²) in [7, 11) is 0. The molecule has 0 radical (unpaired) electrons. The van der Waals surface area contributed by atoms with Crippen molar-refractivity contribution in [3.63, 3.8) is 0 Å². The summed E-state index contributed by atoms with van der Waals surface area (Å²) in [5.74, 6) is 2.47. The molecule has 0 spiro atoms. The molecule has 156 valence electrons. The number of nitrogens with zero attached hydrogens (tertiary/aromatic N) is 2. The predicted octanol–water partition coefficient (Wildman–Crippen LogP) is 5.30. The maximum Gasteiger partial charge on any atom is 0.129 e. The van der Waals surface area contributed by atoms with E-state index in [2.05, 4.69) is 74.3 Å². The second-order valence-electron chi connectivity index (χ2n) is 7.36. The van der Waals surface area contributed by atoms with Gasteiger partial charge in [0.2, 0.25) is 0 Å². The molecule has 1 saturated heterocycles. The van der Waals surface area contributed by atoms with E-state index in [9.17, 15) is 0 Å². The Labute approximate surface area is 181 Å². The van der Waals surface area contributed by atoms with Crippen molar-refractivity contribution in [2.45, 2.75) is 46.1 Å². The second-order valence-corrected chi connectivity index (χ2v) is 7.36. The topological polar surface area (TPSA) is 37.4 Å². The van der Waals surface area contributed by atoms with Crippen molar-refractivity contribution in [2.24, 2.45) is 0 Å². The van der Waals surface area contributed by atoms with Crippen molar-refractivity contribution < 1.29 is 4.74 Å². The van der Waals surface area contributed by atoms with Crippen LogP contribution in [-0.2, 0) is 0 Å². The minimum atomic E-state index is 0. The van der Waals surface area contributed by atoms with Crippen LogP contribution < -0.4 is 15.0 Å². The summed E-state index contributed by atoms with van der Waals surface area (Å²) in [6, 6.07) is 12.8. The number of aromatic nitrogens is 1. The van der Waals surface area contributed by atoms with E-state index in [-0.39, 0.29) is 30.9 Å². The molecule has 1 atom stereocenters. The lowest BCUT2D eigenvalue weighted by molar-refractivity contribution is 0.214. The fourth-order valence-corrected chi connectivity index (χ4v) is 3.22. The van der Waals surface area contributed by atoms with Gasteiger partial charge in [0.05, 0.1) is 11.8 Å². The highest BCUT2D eigenvalue weighted by molar-refractivity contribution is 5.85. The second kappa shape index (κ2) is 11.5. The minimum Gasteiger partial charge on any atom is -0.490 e. The van der Waals surface area contributed by atoms with Crippen LogP contribution in [-0.4, -0.2) is 37.3 Å². The van der Waals surface area contributed by atoms with E-state index < -0.39 is 0 Å². The molecule has 3 rings (SSSR count). The Morgan fingerprint density at radius 1 is 1.07 bits per heavy atom. The van der Waals surface area contributed by atoms with Crippen LogP contribution in [0.3, 0.4) is 0 Å². The van der Waals surface area contributed by atoms with E-state index in [4.69, 9.17) is 9.72 Å². The van der Waals surface area contributed by atoms with Crippen LogP contribution in [0.2, 0.25) is 0 Å². The van der Waals surface area contributed by atoms with Crippen molar-refractivity contribution in [3.05, 3.63) is 42.0 Å². The number of hydrogen-bond donors (Lipinski definition) is 1. The molecule has 1 fully saturated rings. The summed E-state index contributed by atoms with van der Waals surface area (Å²) in [6.45, 7) is 12.8. The van der Waals surface area contributed by atoms with Gasteiger partial charge in [-0.3, -0.25) is 0 Å². The average molecular weight is 426 g/mol. The number of nitrogens with one attached hydrogen (secondary N) is 1. The highest BCUT2D eigenvalue weighted by atomic mass is 35.5. The number of rotatable bonds is 6. The van der Waals surface area contributed by atoms with Crippen LogP contribution in [0.4, 0.5) is 5.82 Å². The number of halogens is 2. The van der Waals surface area contributed by atoms with E-state index in [0.717, 1.165) is 55.4 Å². The summed E-state index contributed by atoms with van der Waals surface area (Å²) in [5, 5.41) is 3.39. The maximum atomic E-state index is 6.13. The van der Waals surface area contributed by atoms with Crippen LogP contribution >= 0.6 is 24.8 Å². The first-order valence-electron chi connectivity index (χ1n) is 9.82. The number of ether oxygens (including phenoxy) is 1. The quantitative estimate of drug-likeness (QED) is 0.680. The van der Waals surface area contributed by atoms with E-state index in [0.29, 0.717) is 5.92 Å². The molecule has 0 aliphatic carbocycles. The van der Waals surface area contributed by atoms with Gasteiger partial charge in [-0.1, -0.05) is 26.8 Å². The third-order valence-corrected chi connectivity index (χ3v) is 5.01. The molecule has 6 heteroatoms. The van der Waals surface area contributed by atoms with Crippen LogP contribution in [0.1, 0.15) is 45.6 Å². The van der Waals surface area contributed by atoms with Gasteiger partial charge in [-0.05, 0) is 55.2 Å². The van der Waals surface area contributed by atoms with Crippen molar-refractivity contribution in [1.82, 2.24) is 10.3 Å². The van der Waals surface area contributed by atoms with Crippen molar-refractivity contribution in [2.75, 3.05) is 31.1 Å². The van der Waals surface area contributed by atoms with Gasteiger partial charge in [-0.2, -0.15) is 0 Å². The largest absolute Gasteiger partial charge is 0.490 e. The fraction of sp³-hybridized carbons (Fsp3) is 0.500. The summed E-state index contributed by atoms with van der Waals surface area (Å²) < 4.78 is 6.13. The molecular weight excluding hydrogens is 393 g/mol. The van der Waals surface area contributed by atoms with Crippen molar-refractivity contribution in [3.8, 4) is 17.0 Å². The lowest BCUT2D eigenvalue weighted by Gasteiger charge is -2.28. The first kappa shape index (κ1) is 24.5. The van der Waals surface area contributed by atoms with Gasteiger partial charge in [-0.25, -0.2) is 4.98 Å². The normalized spacial score (nSPS) is 14.8. The Morgan fingerprint density at radius 3 is 2.43 bits per heavy atom. The number of benzene rings is 1. The van der Waals surface area contributed by atoms with E-state index >= 15 is 0 Å². The molecule has 1 aromatic carbocycles. The van der Waals surface area contributed by atoms with E-state index in [1.807, 2.05) is 0 Å². The molecule has 1 unspecified atom stereocenters. The van der Waals surface area contributed by atoms with Gasteiger partial charge >= 0.3 is 0 Å². The molecule has 1 aromatic heterocycles. The summed E-state index contributed by atoms with van der Waals surface area (Å²) in [5.41, 5.74) is 3.43. The smallest absolute Gasteiger partial charge is 0.129 e. The van der Waals surface area contributed by atoms with Gasteiger partial charge in [0.1, 0.15) is 11.6 Å². The van der Waals surface area contributed by atoms with Crippen LogP contribution in [0, 0.1) is 0 Å². The average Bonchev–Trinajstić information content (AvgIpc) is 2.68. The molecule has 0 bridgehead atoms. The molecule has 28 heavy (non-hydrogen) atoms. The summed E-state index contributed by atoms with van der Waals surface area (Å²) in [6.07, 6.45) is 1.24. The van der Waals surface area contributed by atoms with Crippen LogP contribution in [0.5, 0.6) is 5.75 Å². The zero-order valence-corrected chi connectivity index (χ0v) is 18.9. The summed E-state index contributed by atoms with van der Waals surface area (Å²) in [4.78, 5) is 7.28. The summed E-state index contributed by atoms with van der Waals surface area (Å²) >= 11 is 0. The Morgan fingerprint density at radius 2 is 1.79 bits per heavy atom. The van der Waals surface area contributed by atoms with Gasteiger partial charge in [0.15, 0.2) is 0 Å². The van der Waals surface area contributed by atoms with Crippen LogP contribution in [0.15, 0.2) is 36.4 Å². The molecule has 0 amide bonds. The van der Waals surface area contributed by atoms with E-state index in [1.54, 1.807) is 0 Å². The zero-order valence-electron chi connectivity index (χ0n) is 17.3. The number of hydrogen-bond acceptors (Lipinski definition) is 4. The lowest BCUT2D eigenvalue weighted by Crippen LogP contribution is -2.43. The Kier molecular flexibility index (Phi) is 10.1. The molecule has 2 heterocycles. The third-order valence-electron chi connectivity index (χ3n) is 5.01. The molecule has 2 aromatic rings. The first-order chi connectivity index (χ1) is 12.6. The van der Waals surface area contributed by atoms with Gasteiger partial charge in [0.25, 0.3) is 0 Å².